The first-order chi connectivity index (χ1) is 11.2. The second-order valence-electron chi connectivity index (χ2n) is 9.07. The summed E-state index contributed by atoms with van der Waals surface area (Å²) in [5.41, 5.74) is 0.738. The molecule has 0 nitrogen and oxygen atoms in total. The summed E-state index contributed by atoms with van der Waals surface area (Å²) in [5, 5.41) is 0. The fraction of sp³-hybridized carbons (Fsp3) is 1.00. The topological polar surface area (TPSA) is 0 Å². The first kappa shape index (κ1) is 19.3. The molecule has 2 rings (SSSR count). The molecule has 0 amide bonds. The molecule has 0 aromatic carbocycles. The SMILES string of the molecule is CCCCCCC1CCC(C2CCC(CC)(CCC)CC2)CC1. The van der Waals surface area contributed by atoms with E-state index in [1.807, 2.05) is 0 Å². The Bertz CT molecular complexity index is 289. The fourth-order valence-corrected chi connectivity index (χ4v) is 5.84. The summed E-state index contributed by atoms with van der Waals surface area (Å²) in [6.45, 7) is 7.15. The quantitative estimate of drug-likeness (QED) is 0.376. The van der Waals surface area contributed by atoms with E-state index in [0.717, 1.165) is 23.2 Å². The van der Waals surface area contributed by atoms with Crippen molar-refractivity contribution < 1.29 is 0 Å². The van der Waals surface area contributed by atoms with Crippen molar-refractivity contribution in [1.82, 2.24) is 0 Å². The van der Waals surface area contributed by atoms with Gasteiger partial charge in [-0.15, -0.1) is 0 Å². The Morgan fingerprint density at radius 1 is 0.696 bits per heavy atom. The van der Waals surface area contributed by atoms with Gasteiger partial charge < -0.3 is 0 Å². The molecule has 0 atom stereocenters. The largest absolute Gasteiger partial charge is 0.0654 e. The normalized spacial score (nSPS) is 35.3. The lowest BCUT2D eigenvalue weighted by Gasteiger charge is -2.43. The zero-order valence-electron chi connectivity index (χ0n) is 16.5. The lowest BCUT2D eigenvalue weighted by Crippen LogP contribution is -2.31. The van der Waals surface area contributed by atoms with E-state index in [1.165, 1.54) is 51.4 Å². The highest BCUT2D eigenvalue weighted by atomic mass is 14.4. The van der Waals surface area contributed by atoms with Crippen molar-refractivity contribution in [2.75, 3.05) is 0 Å². The molecule has 23 heavy (non-hydrogen) atoms. The molecule has 0 bridgehead atoms. The average molecular weight is 321 g/mol. The predicted octanol–water partition coefficient (Wildman–Crippen LogP) is 8.15. The molecule has 0 unspecified atom stereocenters. The summed E-state index contributed by atoms with van der Waals surface area (Å²) < 4.78 is 0. The van der Waals surface area contributed by atoms with Gasteiger partial charge in [-0.1, -0.05) is 78.6 Å². The molecular formula is C23H44. The Kier molecular flexibility index (Phi) is 8.48. The minimum Gasteiger partial charge on any atom is -0.0654 e. The van der Waals surface area contributed by atoms with Crippen molar-refractivity contribution in [1.29, 1.82) is 0 Å². The lowest BCUT2D eigenvalue weighted by atomic mass is 9.62. The van der Waals surface area contributed by atoms with Crippen LogP contribution >= 0.6 is 0 Å². The maximum absolute atomic E-state index is 2.44. The molecule has 2 aliphatic rings. The number of hydrogen-bond donors (Lipinski definition) is 0. The van der Waals surface area contributed by atoms with Crippen LogP contribution < -0.4 is 0 Å². The van der Waals surface area contributed by atoms with E-state index in [4.69, 9.17) is 0 Å². The van der Waals surface area contributed by atoms with Crippen LogP contribution in [0.1, 0.15) is 124 Å². The predicted molar refractivity (Wildman–Crippen MR) is 104 cm³/mol. The number of hydrogen-bond acceptors (Lipinski definition) is 0. The first-order valence-electron chi connectivity index (χ1n) is 11.2. The molecule has 0 saturated heterocycles. The van der Waals surface area contributed by atoms with Crippen LogP contribution in [0.15, 0.2) is 0 Å². The van der Waals surface area contributed by atoms with Gasteiger partial charge in [-0.2, -0.15) is 0 Å². The lowest BCUT2D eigenvalue weighted by molar-refractivity contribution is 0.0812. The summed E-state index contributed by atoms with van der Waals surface area (Å²) in [5.74, 6) is 3.27. The van der Waals surface area contributed by atoms with Gasteiger partial charge in [0.05, 0.1) is 0 Å². The van der Waals surface area contributed by atoms with Gasteiger partial charge in [-0.25, -0.2) is 0 Å². The van der Waals surface area contributed by atoms with E-state index in [-0.39, 0.29) is 0 Å². The number of rotatable bonds is 9. The summed E-state index contributed by atoms with van der Waals surface area (Å²) in [6.07, 6.45) is 24.1. The molecule has 0 heterocycles. The molecule has 2 fully saturated rings. The molecular weight excluding hydrogens is 276 g/mol. The van der Waals surface area contributed by atoms with Gasteiger partial charge in [-0.05, 0) is 68.1 Å². The van der Waals surface area contributed by atoms with Gasteiger partial charge in [-0.3, -0.25) is 0 Å². The molecule has 0 heteroatoms. The summed E-state index contributed by atoms with van der Waals surface area (Å²) in [7, 11) is 0. The van der Waals surface area contributed by atoms with Gasteiger partial charge in [0.1, 0.15) is 0 Å². The molecule has 2 aliphatic carbocycles. The van der Waals surface area contributed by atoms with Crippen LogP contribution in [-0.4, -0.2) is 0 Å². The highest BCUT2D eigenvalue weighted by Gasteiger charge is 2.36. The van der Waals surface area contributed by atoms with Crippen molar-refractivity contribution in [2.45, 2.75) is 124 Å². The summed E-state index contributed by atoms with van der Waals surface area (Å²) in [4.78, 5) is 0. The minimum atomic E-state index is 0.738. The maximum atomic E-state index is 2.44. The van der Waals surface area contributed by atoms with E-state index < -0.39 is 0 Å². The van der Waals surface area contributed by atoms with E-state index >= 15 is 0 Å². The van der Waals surface area contributed by atoms with Crippen LogP contribution in [0.4, 0.5) is 0 Å². The highest BCUT2D eigenvalue weighted by Crippen LogP contribution is 2.49. The zero-order chi connectivity index (χ0) is 16.5. The first-order valence-corrected chi connectivity index (χ1v) is 11.2. The Hall–Kier alpha value is 0. The van der Waals surface area contributed by atoms with Gasteiger partial charge in [0.25, 0.3) is 0 Å². The maximum Gasteiger partial charge on any atom is -0.0300 e. The summed E-state index contributed by atoms with van der Waals surface area (Å²) in [6, 6.07) is 0. The molecule has 2 saturated carbocycles. The van der Waals surface area contributed by atoms with Crippen LogP contribution in [0, 0.1) is 23.2 Å². The average Bonchev–Trinajstić information content (AvgIpc) is 2.60. The van der Waals surface area contributed by atoms with Crippen LogP contribution in [0.25, 0.3) is 0 Å². The fourth-order valence-electron chi connectivity index (χ4n) is 5.84. The third-order valence-corrected chi connectivity index (χ3v) is 7.65. The van der Waals surface area contributed by atoms with Crippen molar-refractivity contribution in [3.63, 3.8) is 0 Å². The van der Waals surface area contributed by atoms with Gasteiger partial charge in [0.2, 0.25) is 0 Å². The second kappa shape index (κ2) is 10.1. The van der Waals surface area contributed by atoms with Gasteiger partial charge >= 0.3 is 0 Å². The third kappa shape index (κ3) is 5.79. The molecule has 0 N–H and O–H groups in total. The molecule has 136 valence electrons. The molecule has 0 radical (unpaired) electrons. The van der Waals surface area contributed by atoms with Crippen molar-refractivity contribution in [3.8, 4) is 0 Å². The third-order valence-electron chi connectivity index (χ3n) is 7.65. The Morgan fingerprint density at radius 3 is 1.91 bits per heavy atom. The van der Waals surface area contributed by atoms with E-state index in [9.17, 15) is 0 Å². The number of unbranched alkanes of at least 4 members (excludes halogenated alkanes) is 3. The Balaban J connectivity index is 1.66. The van der Waals surface area contributed by atoms with Gasteiger partial charge in [0.15, 0.2) is 0 Å². The van der Waals surface area contributed by atoms with Crippen LogP contribution in [0.3, 0.4) is 0 Å². The smallest absolute Gasteiger partial charge is 0.0300 e. The monoisotopic (exact) mass is 320 g/mol. The molecule has 0 aliphatic heterocycles. The molecule has 0 aromatic rings. The van der Waals surface area contributed by atoms with E-state index in [1.54, 1.807) is 51.4 Å². The van der Waals surface area contributed by atoms with Crippen molar-refractivity contribution in [2.24, 2.45) is 23.2 Å². The Morgan fingerprint density at radius 2 is 1.35 bits per heavy atom. The van der Waals surface area contributed by atoms with Crippen molar-refractivity contribution in [3.05, 3.63) is 0 Å². The second-order valence-corrected chi connectivity index (χ2v) is 9.07. The Labute approximate surface area is 147 Å². The van der Waals surface area contributed by atoms with Crippen LogP contribution in [-0.2, 0) is 0 Å². The van der Waals surface area contributed by atoms with Crippen LogP contribution in [0.5, 0.6) is 0 Å². The molecule has 0 aromatic heterocycles. The summed E-state index contributed by atoms with van der Waals surface area (Å²) >= 11 is 0. The van der Waals surface area contributed by atoms with E-state index in [2.05, 4.69) is 20.8 Å². The van der Waals surface area contributed by atoms with Crippen molar-refractivity contribution >= 4 is 0 Å². The standard InChI is InChI=1S/C23H44/c1-4-7-8-9-10-20-11-13-21(14-12-20)22-15-18-23(6-3,17-5-2)19-16-22/h20-22H,4-19H2,1-3H3. The highest BCUT2D eigenvalue weighted by molar-refractivity contribution is 4.88. The van der Waals surface area contributed by atoms with Gasteiger partial charge in [0, 0.05) is 0 Å². The zero-order valence-corrected chi connectivity index (χ0v) is 16.5. The minimum absolute atomic E-state index is 0.738. The molecule has 0 spiro atoms. The van der Waals surface area contributed by atoms with Crippen LogP contribution in [0.2, 0.25) is 0 Å². The van der Waals surface area contributed by atoms with E-state index in [0.29, 0.717) is 0 Å².